The highest BCUT2D eigenvalue weighted by molar-refractivity contribution is 5.79. The Morgan fingerprint density at radius 3 is 2.42 bits per heavy atom. The molecule has 0 atom stereocenters. The van der Waals surface area contributed by atoms with Crippen molar-refractivity contribution in [3.63, 3.8) is 0 Å². The first-order valence-corrected chi connectivity index (χ1v) is 8.27. The number of hydrogen-bond donors (Lipinski definition) is 3. The van der Waals surface area contributed by atoms with E-state index < -0.39 is 11.7 Å². The van der Waals surface area contributed by atoms with E-state index in [1.165, 1.54) is 6.07 Å². The van der Waals surface area contributed by atoms with Crippen molar-refractivity contribution in [1.29, 1.82) is 0 Å². The first kappa shape index (κ1) is 19.6. The van der Waals surface area contributed by atoms with Crippen molar-refractivity contribution in [3.05, 3.63) is 65.2 Å². The average Bonchev–Trinajstić information content (AvgIpc) is 2.62. The maximum absolute atomic E-state index is 12.7. The van der Waals surface area contributed by atoms with Crippen LogP contribution in [0.2, 0.25) is 0 Å². The van der Waals surface area contributed by atoms with Gasteiger partial charge < -0.3 is 15.7 Å². The highest BCUT2D eigenvalue weighted by Crippen LogP contribution is 2.29. The minimum atomic E-state index is -4.34. The Hall–Kier alpha value is -2.70. The first-order chi connectivity index (χ1) is 12.4. The molecule has 0 bridgehead atoms. The van der Waals surface area contributed by atoms with Crippen LogP contribution in [0.25, 0.3) is 0 Å². The average molecular weight is 365 g/mol. The molecule has 7 heteroatoms. The summed E-state index contributed by atoms with van der Waals surface area (Å²) in [5.74, 6) is 0.777. The molecule has 0 aliphatic heterocycles. The summed E-state index contributed by atoms with van der Waals surface area (Å²) in [4.78, 5) is 4.07. The van der Waals surface area contributed by atoms with Gasteiger partial charge in [-0.15, -0.1) is 0 Å². The van der Waals surface area contributed by atoms with Crippen LogP contribution in [0.4, 0.5) is 13.2 Å². The molecule has 2 aromatic rings. The maximum atomic E-state index is 12.7. The Kier molecular flexibility index (Phi) is 6.89. The van der Waals surface area contributed by atoms with Gasteiger partial charge in [0.1, 0.15) is 5.75 Å². The van der Waals surface area contributed by atoms with Crippen LogP contribution in [0.1, 0.15) is 23.1 Å². The monoisotopic (exact) mass is 365 g/mol. The van der Waals surface area contributed by atoms with Crippen LogP contribution in [-0.2, 0) is 19.1 Å². The smallest absolute Gasteiger partial charge is 0.416 e. The van der Waals surface area contributed by atoms with E-state index in [9.17, 15) is 18.3 Å². The van der Waals surface area contributed by atoms with Gasteiger partial charge in [-0.25, -0.2) is 0 Å². The Bertz CT molecular complexity index is 728. The Balaban J connectivity index is 1.76. The van der Waals surface area contributed by atoms with Crippen molar-refractivity contribution in [3.8, 4) is 5.75 Å². The number of phenolic OH excluding ortho intramolecular Hbond substituents is 1. The van der Waals surface area contributed by atoms with Crippen molar-refractivity contribution < 1.29 is 18.3 Å². The van der Waals surface area contributed by atoms with Gasteiger partial charge in [-0.05, 0) is 48.2 Å². The molecule has 2 aromatic carbocycles. The van der Waals surface area contributed by atoms with Crippen molar-refractivity contribution in [1.82, 2.24) is 10.6 Å². The summed E-state index contributed by atoms with van der Waals surface area (Å²) < 4.78 is 38.2. The number of aryl methyl sites for hydroxylation is 1. The number of alkyl halides is 3. The predicted octanol–water partition coefficient (Wildman–Crippen LogP) is 3.71. The van der Waals surface area contributed by atoms with Crippen LogP contribution >= 0.6 is 0 Å². The molecule has 2 rings (SSSR count). The van der Waals surface area contributed by atoms with Crippen molar-refractivity contribution >= 4 is 5.96 Å². The lowest BCUT2D eigenvalue weighted by molar-refractivity contribution is -0.137. The number of nitrogens with one attached hydrogen (secondary N) is 2. The van der Waals surface area contributed by atoms with Crippen LogP contribution in [0.15, 0.2) is 53.5 Å². The number of hydrogen-bond acceptors (Lipinski definition) is 2. The lowest BCUT2D eigenvalue weighted by atomic mass is 10.1. The zero-order valence-electron chi connectivity index (χ0n) is 14.5. The summed E-state index contributed by atoms with van der Waals surface area (Å²) in [7, 11) is 1.61. The van der Waals surface area contributed by atoms with Crippen LogP contribution in [-0.4, -0.2) is 24.7 Å². The van der Waals surface area contributed by atoms with Gasteiger partial charge in [0.15, 0.2) is 5.96 Å². The minimum Gasteiger partial charge on any atom is -0.508 e. The third kappa shape index (κ3) is 6.31. The zero-order valence-corrected chi connectivity index (χ0v) is 14.5. The summed E-state index contributed by atoms with van der Waals surface area (Å²) in [6.45, 7) is 0.921. The van der Waals surface area contributed by atoms with Crippen LogP contribution < -0.4 is 10.6 Å². The van der Waals surface area contributed by atoms with Gasteiger partial charge in [0.25, 0.3) is 0 Å². The molecule has 0 heterocycles. The fourth-order valence-corrected chi connectivity index (χ4v) is 2.43. The molecule has 0 amide bonds. The molecule has 4 nitrogen and oxygen atoms in total. The van der Waals surface area contributed by atoms with E-state index in [-0.39, 0.29) is 12.3 Å². The molecule has 0 aliphatic carbocycles. The first-order valence-electron chi connectivity index (χ1n) is 8.27. The number of aromatic hydroxyl groups is 1. The molecule has 0 aromatic heterocycles. The number of phenols is 1. The lowest BCUT2D eigenvalue weighted by Gasteiger charge is -2.13. The van der Waals surface area contributed by atoms with E-state index in [1.54, 1.807) is 25.2 Å². The SMILES string of the molecule is CN=C(NCCCc1ccc(O)cc1)NCc1cccc(C(F)(F)F)c1. The molecule has 140 valence electrons. The molecule has 0 saturated carbocycles. The highest BCUT2D eigenvalue weighted by atomic mass is 19.4. The number of rotatable bonds is 6. The fraction of sp³-hybridized carbons (Fsp3) is 0.316. The third-order valence-corrected chi connectivity index (χ3v) is 3.81. The zero-order chi connectivity index (χ0) is 19.0. The standard InChI is InChI=1S/C19H22F3N3O/c1-23-18(24-11-3-5-14-7-9-17(26)10-8-14)25-13-15-4-2-6-16(12-15)19(20,21)22/h2,4,6-10,12,26H,3,5,11,13H2,1H3,(H2,23,24,25). The second kappa shape index (κ2) is 9.12. The number of guanidine groups is 1. The quantitative estimate of drug-likeness (QED) is 0.416. The molecule has 0 spiro atoms. The van der Waals surface area contributed by atoms with E-state index in [0.717, 1.165) is 30.5 Å². The fourth-order valence-electron chi connectivity index (χ4n) is 2.43. The van der Waals surface area contributed by atoms with E-state index in [2.05, 4.69) is 15.6 Å². The van der Waals surface area contributed by atoms with Crippen molar-refractivity contribution in [2.24, 2.45) is 4.99 Å². The topological polar surface area (TPSA) is 56.7 Å². The van der Waals surface area contributed by atoms with Crippen molar-refractivity contribution in [2.45, 2.75) is 25.6 Å². The number of nitrogens with zero attached hydrogens (tertiary/aromatic N) is 1. The third-order valence-electron chi connectivity index (χ3n) is 3.81. The molecule has 0 saturated heterocycles. The molecular weight excluding hydrogens is 343 g/mol. The second-order valence-electron chi connectivity index (χ2n) is 5.82. The summed E-state index contributed by atoms with van der Waals surface area (Å²) >= 11 is 0. The Labute approximate surface area is 150 Å². The predicted molar refractivity (Wildman–Crippen MR) is 96.1 cm³/mol. The van der Waals surface area contributed by atoms with E-state index in [4.69, 9.17) is 0 Å². The van der Waals surface area contributed by atoms with Gasteiger partial charge in [0, 0.05) is 20.1 Å². The minimum absolute atomic E-state index is 0.242. The van der Waals surface area contributed by atoms with Gasteiger partial charge in [-0.2, -0.15) is 13.2 Å². The van der Waals surface area contributed by atoms with Crippen LogP contribution in [0.5, 0.6) is 5.75 Å². The highest BCUT2D eigenvalue weighted by Gasteiger charge is 2.30. The van der Waals surface area contributed by atoms with E-state index in [0.29, 0.717) is 18.1 Å². The maximum Gasteiger partial charge on any atom is 0.416 e. The molecule has 26 heavy (non-hydrogen) atoms. The number of halogens is 3. The van der Waals surface area contributed by atoms with Gasteiger partial charge in [-0.3, -0.25) is 4.99 Å². The molecule has 0 aliphatic rings. The van der Waals surface area contributed by atoms with E-state index >= 15 is 0 Å². The molecule has 0 radical (unpaired) electrons. The summed E-state index contributed by atoms with van der Waals surface area (Å²) in [5.41, 5.74) is 0.997. The Morgan fingerprint density at radius 1 is 1.04 bits per heavy atom. The molecule has 3 N–H and O–H groups in total. The van der Waals surface area contributed by atoms with Gasteiger partial charge >= 0.3 is 6.18 Å². The molecule has 0 unspecified atom stereocenters. The molecular formula is C19H22F3N3O. The van der Waals surface area contributed by atoms with Gasteiger partial charge in [0.2, 0.25) is 0 Å². The normalized spacial score (nSPS) is 12.1. The van der Waals surface area contributed by atoms with Gasteiger partial charge in [0.05, 0.1) is 5.56 Å². The van der Waals surface area contributed by atoms with E-state index in [1.807, 2.05) is 12.1 Å². The molecule has 0 fully saturated rings. The van der Waals surface area contributed by atoms with Crippen molar-refractivity contribution in [2.75, 3.05) is 13.6 Å². The summed E-state index contributed by atoms with van der Waals surface area (Å²) in [6, 6.07) is 12.3. The summed E-state index contributed by atoms with van der Waals surface area (Å²) in [5, 5.41) is 15.4. The summed E-state index contributed by atoms with van der Waals surface area (Å²) in [6.07, 6.45) is -2.64. The second-order valence-corrected chi connectivity index (χ2v) is 5.82. The lowest BCUT2D eigenvalue weighted by Crippen LogP contribution is -2.37. The Morgan fingerprint density at radius 2 is 1.77 bits per heavy atom. The van der Waals surface area contributed by atoms with Gasteiger partial charge in [-0.1, -0.05) is 24.3 Å². The number of aliphatic imine (C=N–C) groups is 1. The van der Waals surface area contributed by atoms with Crippen LogP contribution in [0.3, 0.4) is 0 Å². The van der Waals surface area contributed by atoms with Crippen LogP contribution in [0, 0.1) is 0 Å². The number of benzene rings is 2. The largest absolute Gasteiger partial charge is 0.508 e.